The Labute approximate surface area is 246 Å². The van der Waals surface area contributed by atoms with Crippen molar-refractivity contribution in [2.75, 3.05) is 34.4 Å². The number of aromatic nitrogens is 2. The first-order valence-corrected chi connectivity index (χ1v) is 14.6. The highest BCUT2D eigenvalue weighted by atomic mass is 32.1. The van der Waals surface area contributed by atoms with Crippen LogP contribution in [0.2, 0.25) is 0 Å². The molecule has 4 aromatic rings. The normalized spacial score (nSPS) is 10.9. The van der Waals surface area contributed by atoms with Crippen molar-refractivity contribution in [2.45, 2.75) is 39.8 Å². The van der Waals surface area contributed by atoms with Crippen molar-refractivity contribution in [1.29, 1.82) is 0 Å². The average Bonchev–Trinajstić information content (AvgIpc) is 3.64. The molecule has 2 aromatic carbocycles. The molecule has 0 fully saturated rings. The molecule has 2 amide bonds. The minimum atomic E-state index is -0.112. The molecule has 41 heavy (non-hydrogen) atoms. The molecule has 4 rings (SSSR count). The van der Waals surface area contributed by atoms with Crippen molar-refractivity contribution in [2.24, 2.45) is 0 Å². The maximum atomic E-state index is 13.4. The van der Waals surface area contributed by atoms with Crippen molar-refractivity contribution in [1.82, 2.24) is 19.4 Å². The quantitative estimate of drug-likeness (QED) is 0.205. The second-order valence-electron chi connectivity index (χ2n) is 9.96. The van der Waals surface area contributed by atoms with Crippen LogP contribution in [0.4, 0.5) is 0 Å². The number of likely N-dealkylation sites (N-methyl/N-ethyl adjacent to an activating group) is 1. The van der Waals surface area contributed by atoms with E-state index in [1.54, 1.807) is 26.2 Å². The molecule has 0 unspecified atom stereocenters. The molecule has 0 aliphatic heterocycles. The molecule has 0 aliphatic rings. The summed E-state index contributed by atoms with van der Waals surface area (Å²) in [6, 6.07) is 17.5. The Hall–Kier alpha value is -4.11. The third-order valence-electron chi connectivity index (χ3n) is 7.04. The average molecular weight is 575 g/mol. The number of aryl methyl sites for hydroxylation is 1. The predicted molar refractivity (Wildman–Crippen MR) is 162 cm³/mol. The number of ether oxygens (including phenoxy) is 2. The van der Waals surface area contributed by atoms with E-state index in [-0.39, 0.29) is 11.8 Å². The Morgan fingerprint density at radius 1 is 0.976 bits per heavy atom. The Morgan fingerprint density at radius 3 is 2.49 bits per heavy atom. The minimum absolute atomic E-state index is 0.0379. The van der Waals surface area contributed by atoms with E-state index in [4.69, 9.17) is 9.47 Å². The molecule has 8 nitrogen and oxygen atoms in total. The van der Waals surface area contributed by atoms with E-state index in [0.717, 1.165) is 33.8 Å². The molecule has 0 atom stereocenters. The zero-order chi connectivity index (χ0) is 29.4. The van der Waals surface area contributed by atoms with Gasteiger partial charge in [0.05, 0.1) is 27.3 Å². The zero-order valence-corrected chi connectivity index (χ0v) is 25.2. The van der Waals surface area contributed by atoms with E-state index >= 15 is 0 Å². The van der Waals surface area contributed by atoms with Gasteiger partial charge in [-0.2, -0.15) is 0 Å². The zero-order valence-electron chi connectivity index (χ0n) is 24.4. The standard InChI is InChI=1S/C32H38N4O4S/c1-6-16-36(31(37)26-12-8-7-10-23(26)2)20-25-11-9-17-35(25)21-30-33-27(22-41-30)32(38)34(3)18-15-24-13-14-28(39-4)29(19-24)40-5/h7-14,17,19,22H,6,15-16,18,20-21H2,1-5H3. The number of hydrogen-bond acceptors (Lipinski definition) is 6. The van der Waals surface area contributed by atoms with Crippen LogP contribution in [0.15, 0.2) is 66.2 Å². The fourth-order valence-corrected chi connectivity index (χ4v) is 5.47. The van der Waals surface area contributed by atoms with Crippen LogP contribution in [0.1, 0.15) is 56.0 Å². The molecule has 0 N–H and O–H groups in total. The first-order valence-electron chi connectivity index (χ1n) is 13.7. The van der Waals surface area contributed by atoms with Gasteiger partial charge in [-0.1, -0.05) is 31.2 Å². The van der Waals surface area contributed by atoms with Gasteiger partial charge in [-0.15, -0.1) is 11.3 Å². The number of carbonyl (C=O) groups excluding carboxylic acids is 2. The smallest absolute Gasteiger partial charge is 0.273 e. The first-order chi connectivity index (χ1) is 19.8. The van der Waals surface area contributed by atoms with Gasteiger partial charge in [-0.25, -0.2) is 4.98 Å². The van der Waals surface area contributed by atoms with E-state index in [1.807, 2.05) is 78.0 Å². The van der Waals surface area contributed by atoms with E-state index in [0.29, 0.717) is 49.8 Å². The highest BCUT2D eigenvalue weighted by molar-refractivity contribution is 7.09. The number of thiazole rings is 1. The van der Waals surface area contributed by atoms with Crippen LogP contribution in [-0.2, 0) is 19.5 Å². The lowest BCUT2D eigenvalue weighted by molar-refractivity contribution is 0.0737. The van der Waals surface area contributed by atoms with Crippen molar-refractivity contribution in [3.63, 3.8) is 0 Å². The van der Waals surface area contributed by atoms with Crippen LogP contribution < -0.4 is 9.47 Å². The van der Waals surface area contributed by atoms with Gasteiger partial charge in [0.1, 0.15) is 10.7 Å². The molecule has 2 aromatic heterocycles. The summed E-state index contributed by atoms with van der Waals surface area (Å²) in [5, 5.41) is 2.66. The molecular formula is C32H38N4O4S. The third kappa shape index (κ3) is 7.35. The van der Waals surface area contributed by atoms with E-state index in [2.05, 4.69) is 16.5 Å². The Morgan fingerprint density at radius 2 is 1.76 bits per heavy atom. The van der Waals surface area contributed by atoms with Crippen molar-refractivity contribution >= 4 is 23.2 Å². The van der Waals surface area contributed by atoms with Crippen LogP contribution in [-0.4, -0.2) is 65.5 Å². The third-order valence-corrected chi connectivity index (χ3v) is 7.87. The SMILES string of the molecule is CCCN(Cc1cccn1Cc1nc(C(=O)N(C)CCc2ccc(OC)c(OC)c2)cs1)C(=O)c1ccccc1C. The van der Waals surface area contributed by atoms with E-state index in [1.165, 1.54) is 11.3 Å². The fourth-order valence-electron chi connectivity index (χ4n) is 4.71. The monoisotopic (exact) mass is 574 g/mol. The van der Waals surface area contributed by atoms with Gasteiger partial charge in [0, 0.05) is 43.0 Å². The minimum Gasteiger partial charge on any atom is -0.493 e. The molecule has 216 valence electrons. The maximum absolute atomic E-state index is 13.4. The van der Waals surface area contributed by atoms with Crippen LogP contribution in [0.5, 0.6) is 11.5 Å². The van der Waals surface area contributed by atoms with Crippen LogP contribution >= 0.6 is 11.3 Å². The predicted octanol–water partition coefficient (Wildman–Crippen LogP) is 5.69. The summed E-state index contributed by atoms with van der Waals surface area (Å²) in [7, 11) is 5.01. The highest BCUT2D eigenvalue weighted by Crippen LogP contribution is 2.28. The van der Waals surface area contributed by atoms with Gasteiger partial charge < -0.3 is 23.8 Å². The molecule has 0 spiro atoms. The maximum Gasteiger partial charge on any atom is 0.273 e. The van der Waals surface area contributed by atoms with Gasteiger partial charge in [-0.05, 0) is 61.2 Å². The number of carbonyl (C=O) groups is 2. The van der Waals surface area contributed by atoms with Crippen molar-refractivity contribution in [3.05, 3.63) is 99.3 Å². The van der Waals surface area contributed by atoms with Gasteiger partial charge in [0.15, 0.2) is 11.5 Å². The lowest BCUT2D eigenvalue weighted by Crippen LogP contribution is -2.32. The van der Waals surface area contributed by atoms with Gasteiger partial charge in [0.25, 0.3) is 11.8 Å². The van der Waals surface area contributed by atoms with Crippen LogP contribution in [0, 0.1) is 6.92 Å². The summed E-state index contributed by atoms with van der Waals surface area (Å²) in [5.41, 5.74) is 4.23. The molecule has 0 radical (unpaired) electrons. The number of benzene rings is 2. The Bertz CT molecular complexity index is 1480. The Balaban J connectivity index is 1.39. The molecule has 0 bridgehead atoms. The van der Waals surface area contributed by atoms with Crippen molar-refractivity contribution in [3.8, 4) is 11.5 Å². The van der Waals surface area contributed by atoms with Crippen LogP contribution in [0.25, 0.3) is 0 Å². The topological polar surface area (TPSA) is 76.9 Å². The molecule has 9 heteroatoms. The van der Waals surface area contributed by atoms with Gasteiger partial charge in [0.2, 0.25) is 0 Å². The summed E-state index contributed by atoms with van der Waals surface area (Å²) >= 11 is 1.47. The summed E-state index contributed by atoms with van der Waals surface area (Å²) in [6.45, 7) is 6.30. The summed E-state index contributed by atoms with van der Waals surface area (Å²) in [5.74, 6) is 1.27. The largest absolute Gasteiger partial charge is 0.493 e. The first kappa shape index (κ1) is 29.9. The number of rotatable bonds is 13. The summed E-state index contributed by atoms with van der Waals surface area (Å²) in [6.07, 6.45) is 3.55. The number of hydrogen-bond donors (Lipinski definition) is 0. The lowest BCUT2D eigenvalue weighted by Gasteiger charge is -2.24. The fraction of sp³-hybridized carbons (Fsp3) is 0.344. The second-order valence-corrected chi connectivity index (χ2v) is 10.9. The van der Waals surface area contributed by atoms with E-state index < -0.39 is 0 Å². The lowest BCUT2D eigenvalue weighted by atomic mass is 10.1. The molecular weight excluding hydrogens is 536 g/mol. The molecule has 0 saturated carbocycles. The highest BCUT2D eigenvalue weighted by Gasteiger charge is 2.20. The molecule has 2 heterocycles. The molecule has 0 saturated heterocycles. The Kier molecular flexibility index (Phi) is 10.2. The van der Waals surface area contributed by atoms with E-state index in [9.17, 15) is 9.59 Å². The number of amides is 2. The second kappa shape index (κ2) is 14.0. The molecule has 0 aliphatic carbocycles. The number of nitrogens with zero attached hydrogens (tertiary/aromatic N) is 4. The number of methoxy groups -OCH3 is 2. The van der Waals surface area contributed by atoms with Gasteiger partial charge >= 0.3 is 0 Å². The van der Waals surface area contributed by atoms with Crippen molar-refractivity contribution < 1.29 is 19.1 Å². The summed E-state index contributed by atoms with van der Waals surface area (Å²) in [4.78, 5) is 34.7. The van der Waals surface area contributed by atoms with Gasteiger partial charge in [-0.3, -0.25) is 9.59 Å². The van der Waals surface area contributed by atoms with Crippen LogP contribution in [0.3, 0.4) is 0 Å². The summed E-state index contributed by atoms with van der Waals surface area (Å²) < 4.78 is 12.8.